The lowest BCUT2D eigenvalue weighted by Crippen LogP contribution is -2.24. The summed E-state index contributed by atoms with van der Waals surface area (Å²) in [6, 6.07) is 9.34. The monoisotopic (exact) mass is 400 g/mol. The molecule has 0 radical (unpaired) electrons. The van der Waals surface area contributed by atoms with Gasteiger partial charge in [-0.3, -0.25) is 4.79 Å². The molecule has 4 rings (SSSR count). The zero-order valence-electron chi connectivity index (χ0n) is 15.4. The Balaban J connectivity index is 1.30. The van der Waals surface area contributed by atoms with Crippen molar-refractivity contribution >= 4 is 17.7 Å². The van der Waals surface area contributed by atoms with E-state index >= 15 is 0 Å². The molecule has 28 heavy (non-hydrogen) atoms. The van der Waals surface area contributed by atoms with E-state index in [4.69, 9.17) is 13.9 Å². The van der Waals surface area contributed by atoms with Crippen LogP contribution >= 0.6 is 11.8 Å². The molecule has 1 amide bonds. The van der Waals surface area contributed by atoms with Crippen LogP contribution in [-0.4, -0.2) is 39.6 Å². The first kappa shape index (κ1) is 18.4. The molecule has 146 valence electrons. The minimum atomic E-state index is -0.0836. The smallest absolute Gasteiger partial charge is 0.230 e. The van der Waals surface area contributed by atoms with Crippen LogP contribution in [0.4, 0.5) is 0 Å². The summed E-state index contributed by atoms with van der Waals surface area (Å²) in [5, 5.41) is 11.8. The fourth-order valence-electron chi connectivity index (χ4n) is 2.76. The number of amides is 1. The van der Waals surface area contributed by atoms with Gasteiger partial charge in [0.2, 0.25) is 5.91 Å². The normalized spacial score (nSPS) is 13.2. The number of nitrogens with one attached hydrogen (secondary N) is 1. The molecule has 1 aliphatic heterocycles. The van der Waals surface area contributed by atoms with Gasteiger partial charge in [0.25, 0.3) is 0 Å². The molecule has 0 bridgehead atoms. The third kappa shape index (κ3) is 4.14. The summed E-state index contributed by atoms with van der Waals surface area (Å²) < 4.78 is 18.4. The molecule has 8 nitrogen and oxygen atoms in total. The lowest BCUT2D eigenvalue weighted by molar-refractivity contribution is -0.118. The Morgan fingerprint density at radius 1 is 1.21 bits per heavy atom. The third-order valence-corrected chi connectivity index (χ3v) is 5.23. The predicted octanol–water partition coefficient (Wildman–Crippen LogP) is 2.64. The Morgan fingerprint density at radius 2 is 2.07 bits per heavy atom. The largest absolute Gasteiger partial charge is 0.490 e. The molecule has 0 saturated heterocycles. The molecule has 3 heterocycles. The first-order chi connectivity index (χ1) is 13.7. The van der Waals surface area contributed by atoms with Crippen LogP contribution in [0.5, 0.6) is 11.5 Å². The maximum Gasteiger partial charge on any atom is 0.230 e. The molecule has 0 unspecified atom stereocenters. The van der Waals surface area contributed by atoms with Gasteiger partial charge in [-0.25, -0.2) is 0 Å². The first-order valence-electron chi connectivity index (χ1n) is 8.92. The summed E-state index contributed by atoms with van der Waals surface area (Å²) in [5.41, 5.74) is 0.960. The Kier molecular flexibility index (Phi) is 5.52. The summed E-state index contributed by atoms with van der Waals surface area (Å²) in [6.07, 6.45) is 2.45. The number of hydrogen-bond donors (Lipinski definition) is 1. The third-order valence-electron chi connectivity index (χ3n) is 4.21. The van der Waals surface area contributed by atoms with Gasteiger partial charge < -0.3 is 23.8 Å². The van der Waals surface area contributed by atoms with E-state index in [2.05, 4.69) is 15.5 Å². The number of fused-ring (bicyclic) bond motifs is 1. The minimum Gasteiger partial charge on any atom is -0.490 e. The van der Waals surface area contributed by atoms with Gasteiger partial charge in [-0.15, -0.1) is 10.2 Å². The molecule has 0 atom stereocenters. The van der Waals surface area contributed by atoms with Gasteiger partial charge in [-0.1, -0.05) is 17.8 Å². The Bertz CT molecular complexity index is 955. The second kappa shape index (κ2) is 8.39. The van der Waals surface area contributed by atoms with Crippen molar-refractivity contribution in [2.75, 3.05) is 19.0 Å². The zero-order chi connectivity index (χ0) is 19.3. The van der Waals surface area contributed by atoms with E-state index in [9.17, 15) is 4.79 Å². The van der Waals surface area contributed by atoms with Crippen LogP contribution in [0.1, 0.15) is 12.0 Å². The number of aromatic nitrogens is 3. The van der Waals surface area contributed by atoms with Crippen LogP contribution < -0.4 is 14.8 Å². The number of benzene rings is 1. The Hall–Kier alpha value is -2.94. The van der Waals surface area contributed by atoms with Gasteiger partial charge in [0.1, 0.15) is 0 Å². The minimum absolute atomic E-state index is 0.0836. The lowest BCUT2D eigenvalue weighted by Gasteiger charge is -2.10. The fraction of sp³-hybridized carbons (Fsp3) is 0.316. The molecular weight excluding hydrogens is 380 g/mol. The van der Waals surface area contributed by atoms with Crippen molar-refractivity contribution in [3.63, 3.8) is 0 Å². The molecular formula is C19H20N4O4S. The van der Waals surface area contributed by atoms with E-state index < -0.39 is 0 Å². The van der Waals surface area contributed by atoms with Crippen molar-refractivity contribution < 1.29 is 18.7 Å². The molecule has 1 aliphatic rings. The molecule has 3 aromatic rings. The van der Waals surface area contributed by atoms with Crippen molar-refractivity contribution in [3.05, 3.63) is 42.2 Å². The van der Waals surface area contributed by atoms with Crippen LogP contribution in [-0.2, 0) is 18.4 Å². The standard InChI is InChI=1S/C19H20N4O4S/c1-23-18(15-4-2-7-26-15)21-22-19(23)28-12-17(24)20-11-13-5-6-14-16(10-13)27-9-3-8-25-14/h2,4-7,10H,3,8-9,11-12H2,1H3,(H,20,24). The molecule has 0 spiro atoms. The average molecular weight is 400 g/mol. The van der Waals surface area contributed by atoms with Gasteiger partial charge in [-0.2, -0.15) is 0 Å². The number of carbonyl (C=O) groups excluding carboxylic acids is 1. The predicted molar refractivity (Wildman–Crippen MR) is 103 cm³/mol. The van der Waals surface area contributed by atoms with Crippen molar-refractivity contribution in [2.24, 2.45) is 7.05 Å². The second-order valence-corrected chi connectivity index (χ2v) is 7.18. The lowest BCUT2D eigenvalue weighted by atomic mass is 10.2. The Labute approximate surface area is 166 Å². The molecule has 0 saturated carbocycles. The summed E-state index contributed by atoms with van der Waals surface area (Å²) in [6.45, 7) is 1.72. The first-order valence-corrected chi connectivity index (χ1v) is 9.90. The zero-order valence-corrected chi connectivity index (χ0v) is 16.2. The second-order valence-electron chi connectivity index (χ2n) is 6.24. The summed E-state index contributed by atoms with van der Waals surface area (Å²) in [5.74, 6) is 2.90. The van der Waals surface area contributed by atoms with Crippen LogP contribution in [0.25, 0.3) is 11.6 Å². The van der Waals surface area contributed by atoms with E-state index in [1.54, 1.807) is 16.9 Å². The number of ether oxygens (including phenoxy) is 2. The molecule has 0 aliphatic carbocycles. The number of carbonyl (C=O) groups is 1. The molecule has 2 aromatic heterocycles. The summed E-state index contributed by atoms with van der Waals surface area (Å²) >= 11 is 1.32. The number of nitrogens with zero attached hydrogens (tertiary/aromatic N) is 3. The topological polar surface area (TPSA) is 91.4 Å². The van der Waals surface area contributed by atoms with Gasteiger partial charge >= 0.3 is 0 Å². The van der Waals surface area contributed by atoms with Crippen LogP contribution in [0.2, 0.25) is 0 Å². The van der Waals surface area contributed by atoms with Crippen LogP contribution in [0.3, 0.4) is 0 Å². The highest BCUT2D eigenvalue weighted by atomic mass is 32.2. The summed E-state index contributed by atoms with van der Waals surface area (Å²) in [7, 11) is 1.84. The molecule has 1 aromatic carbocycles. The maximum atomic E-state index is 12.2. The molecule has 9 heteroatoms. The Morgan fingerprint density at radius 3 is 2.89 bits per heavy atom. The highest BCUT2D eigenvalue weighted by molar-refractivity contribution is 7.99. The quantitative estimate of drug-likeness (QED) is 0.636. The average Bonchev–Trinajstić information content (AvgIpc) is 3.28. The highest BCUT2D eigenvalue weighted by Crippen LogP contribution is 2.30. The van der Waals surface area contributed by atoms with E-state index in [-0.39, 0.29) is 11.7 Å². The number of thioether (sulfide) groups is 1. The van der Waals surface area contributed by atoms with Crippen molar-refractivity contribution in [3.8, 4) is 23.1 Å². The van der Waals surface area contributed by atoms with E-state index in [1.165, 1.54) is 11.8 Å². The van der Waals surface area contributed by atoms with Crippen molar-refractivity contribution in [1.82, 2.24) is 20.1 Å². The van der Waals surface area contributed by atoms with Gasteiger partial charge in [0.05, 0.1) is 25.2 Å². The van der Waals surface area contributed by atoms with Crippen LogP contribution in [0.15, 0.2) is 46.2 Å². The van der Waals surface area contributed by atoms with Gasteiger partial charge in [0.15, 0.2) is 28.2 Å². The van der Waals surface area contributed by atoms with Crippen molar-refractivity contribution in [1.29, 1.82) is 0 Å². The maximum absolute atomic E-state index is 12.2. The van der Waals surface area contributed by atoms with E-state index in [0.717, 1.165) is 23.5 Å². The summed E-state index contributed by atoms with van der Waals surface area (Å²) in [4.78, 5) is 12.2. The van der Waals surface area contributed by atoms with Gasteiger partial charge in [0, 0.05) is 20.0 Å². The van der Waals surface area contributed by atoms with E-state index in [1.807, 2.05) is 31.3 Å². The molecule has 0 fully saturated rings. The number of hydrogen-bond acceptors (Lipinski definition) is 7. The fourth-order valence-corrected chi connectivity index (χ4v) is 3.50. The van der Waals surface area contributed by atoms with E-state index in [0.29, 0.717) is 36.5 Å². The number of rotatable bonds is 6. The van der Waals surface area contributed by atoms with Crippen molar-refractivity contribution in [2.45, 2.75) is 18.1 Å². The number of furan rings is 1. The highest BCUT2D eigenvalue weighted by Gasteiger charge is 2.15. The van der Waals surface area contributed by atoms with Crippen LogP contribution in [0, 0.1) is 0 Å². The van der Waals surface area contributed by atoms with Gasteiger partial charge in [-0.05, 0) is 29.8 Å². The SMILES string of the molecule is Cn1c(SCC(=O)NCc2ccc3c(c2)OCCCO3)nnc1-c1ccco1. The molecule has 1 N–H and O–H groups in total.